The molecule has 0 spiro atoms. The average Bonchev–Trinajstić information content (AvgIpc) is 2.49. The fourth-order valence-electron chi connectivity index (χ4n) is 3.75. The van der Waals surface area contributed by atoms with Crippen LogP contribution in [0.4, 0.5) is 0 Å². The largest absolute Gasteiger partial charge is 0.393 e. The van der Waals surface area contributed by atoms with Gasteiger partial charge in [0, 0.05) is 19.8 Å². The van der Waals surface area contributed by atoms with Crippen LogP contribution < -0.4 is 0 Å². The molecule has 5 heteroatoms. The number of hydrogen-bond donors (Lipinski definition) is 0. The van der Waals surface area contributed by atoms with Gasteiger partial charge >= 0.3 is 8.56 Å². The molecule has 0 bridgehead atoms. The van der Waals surface area contributed by atoms with E-state index in [9.17, 15) is 4.79 Å². The smallest absolute Gasteiger partial charge is 0.372 e. The second-order valence-electron chi connectivity index (χ2n) is 5.35. The zero-order chi connectivity index (χ0) is 15.9. The summed E-state index contributed by atoms with van der Waals surface area (Å²) >= 11 is 0. The molecule has 0 radical (unpaired) electrons. The van der Waals surface area contributed by atoms with Gasteiger partial charge < -0.3 is 13.6 Å². The first-order valence-electron chi connectivity index (χ1n) is 8.15. The molecule has 0 aromatic carbocycles. The topological polar surface area (TPSA) is 44.8 Å². The van der Waals surface area contributed by atoms with Gasteiger partial charge in [0.1, 0.15) is 5.22 Å². The summed E-state index contributed by atoms with van der Waals surface area (Å²) in [7, 11) is -2.62. The summed E-state index contributed by atoms with van der Waals surface area (Å²) in [6.07, 6.45) is 3.94. The Balaban J connectivity index is 3.35. The molecule has 0 aromatic rings. The van der Waals surface area contributed by atoms with Crippen LogP contribution in [0.15, 0.2) is 12.7 Å². The Morgan fingerprint density at radius 3 is 2.29 bits per heavy atom. The second-order valence-corrected chi connectivity index (χ2v) is 8.78. The number of allylic oxidation sites excluding steroid dienone is 1. The number of rotatable bonds is 9. The van der Waals surface area contributed by atoms with Gasteiger partial charge in [0.2, 0.25) is 0 Å². The van der Waals surface area contributed by atoms with E-state index in [0.717, 1.165) is 25.3 Å². The minimum atomic E-state index is -2.62. The summed E-state index contributed by atoms with van der Waals surface area (Å²) in [5.41, 5.74) is 0. The number of carbonyl (C=O) groups excluding carboxylic acids is 1. The first kappa shape index (κ1) is 18.6. The summed E-state index contributed by atoms with van der Waals surface area (Å²) in [5.74, 6) is -0.139. The van der Waals surface area contributed by atoms with Crippen LogP contribution in [0.1, 0.15) is 47.0 Å². The maximum atomic E-state index is 12.4. The molecular formula is C16H30O4Si. The summed E-state index contributed by atoms with van der Waals surface area (Å²) in [6.45, 7) is 13.4. The molecule has 1 fully saturated rings. The molecule has 0 aliphatic carbocycles. The Bertz CT molecular complexity index is 347. The van der Waals surface area contributed by atoms with Crippen molar-refractivity contribution in [3.63, 3.8) is 0 Å². The van der Waals surface area contributed by atoms with Crippen molar-refractivity contribution in [1.29, 1.82) is 0 Å². The molecule has 0 saturated carbocycles. The molecule has 0 amide bonds. The van der Waals surface area contributed by atoms with E-state index in [1.54, 1.807) is 0 Å². The first-order valence-corrected chi connectivity index (χ1v) is 10.2. The van der Waals surface area contributed by atoms with Crippen LogP contribution in [-0.4, -0.2) is 39.4 Å². The third-order valence-electron chi connectivity index (χ3n) is 4.43. The lowest BCUT2D eigenvalue weighted by Gasteiger charge is -2.52. The Hall–Kier alpha value is -0.493. The monoisotopic (exact) mass is 314 g/mol. The maximum Gasteiger partial charge on any atom is 0.372 e. The molecule has 122 valence electrons. The van der Waals surface area contributed by atoms with Crippen LogP contribution in [0.2, 0.25) is 6.04 Å². The van der Waals surface area contributed by atoms with Gasteiger partial charge in [0.15, 0.2) is 5.78 Å². The summed E-state index contributed by atoms with van der Waals surface area (Å²) < 4.78 is 18.6. The van der Waals surface area contributed by atoms with E-state index in [2.05, 4.69) is 13.5 Å². The van der Waals surface area contributed by atoms with Crippen LogP contribution in [0.3, 0.4) is 0 Å². The quantitative estimate of drug-likeness (QED) is 0.483. The van der Waals surface area contributed by atoms with E-state index in [1.807, 2.05) is 20.8 Å². The third kappa shape index (κ3) is 3.31. The van der Waals surface area contributed by atoms with E-state index in [1.165, 1.54) is 6.08 Å². The standard InChI is InChI=1S/C16H30O4Si/c1-6-15(17)14-12-11-13-21(19-9-4,20-10-5)16(14,7-2)18-8-3/h6,14H,1,7-13H2,2-5H3. The minimum absolute atomic E-state index is 0.0567. The third-order valence-corrected chi connectivity index (χ3v) is 9.09. The first-order chi connectivity index (χ1) is 10.1. The van der Waals surface area contributed by atoms with Crippen LogP contribution in [-0.2, 0) is 18.4 Å². The van der Waals surface area contributed by atoms with E-state index >= 15 is 0 Å². The highest BCUT2D eigenvalue weighted by Gasteiger charge is 2.64. The molecular weight excluding hydrogens is 284 g/mol. The molecule has 0 N–H and O–H groups in total. The normalized spacial score (nSPS) is 28.3. The SMILES string of the molecule is C=CC(=O)C1CCC[Si](OCC)(OCC)C1(CC)OCC. The Labute approximate surface area is 130 Å². The molecule has 1 saturated heterocycles. The van der Waals surface area contributed by atoms with E-state index < -0.39 is 13.8 Å². The van der Waals surface area contributed by atoms with Crippen LogP contribution in [0, 0.1) is 5.92 Å². The highest BCUT2D eigenvalue weighted by Crippen LogP contribution is 2.47. The molecule has 1 aliphatic rings. The van der Waals surface area contributed by atoms with Gasteiger partial charge in [-0.25, -0.2) is 0 Å². The zero-order valence-electron chi connectivity index (χ0n) is 13.9. The van der Waals surface area contributed by atoms with E-state index in [0.29, 0.717) is 19.8 Å². The zero-order valence-corrected chi connectivity index (χ0v) is 14.9. The average molecular weight is 314 g/mol. The van der Waals surface area contributed by atoms with Crippen molar-refractivity contribution < 1.29 is 18.4 Å². The molecule has 0 aromatic heterocycles. The minimum Gasteiger partial charge on any atom is -0.393 e. The molecule has 4 nitrogen and oxygen atoms in total. The molecule has 2 unspecified atom stereocenters. The molecule has 1 rings (SSSR count). The summed E-state index contributed by atoms with van der Waals surface area (Å²) in [6, 6.07) is 0.892. The van der Waals surface area contributed by atoms with Gasteiger partial charge in [-0.05, 0) is 45.7 Å². The molecule has 21 heavy (non-hydrogen) atoms. The van der Waals surface area contributed by atoms with Gasteiger partial charge in [-0.2, -0.15) is 0 Å². The molecule has 1 aliphatic heterocycles. The summed E-state index contributed by atoms with van der Waals surface area (Å²) in [5, 5.41) is -0.600. The predicted molar refractivity (Wildman–Crippen MR) is 86.4 cm³/mol. The Morgan fingerprint density at radius 2 is 1.86 bits per heavy atom. The fourth-order valence-corrected chi connectivity index (χ4v) is 8.35. The molecule has 1 heterocycles. The van der Waals surface area contributed by atoms with Crippen molar-refractivity contribution >= 4 is 14.3 Å². The Morgan fingerprint density at radius 1 is 1.24 bits per heavy atom. The van der Waals surface area contributed by atoms with Crippen LogP contribution in [0.25, 0.3) is 0 Å². The van der Waals surface area contributed by atoms with Crippen LogP contribution >= 0.6 is 0 Å². The number of carbonyl (C=O) groups is 1. The van der Waals surface area contributed by atoms with Gasteiger partial charge in [-0.1, -0.05) is 19.9 Å². The Kier molecular flexibility index (Phi) is 7.26. The lowest BCUT2D eigenvalue weighted by atomic mass is 9.89. The van der Waals surface area contributed by atoms with Crippen molar-refractivity contribution in [2.45, 2.75) is 58.2 Å². The lowest BCUT2D eigenvalue weighted by Crippen LogP contribution is -2.70. The second kappa shape index (κ2) is 8.22. The van der Waals surface area contributed by atoms with Gasteiger partial charge in [0.05, 0.1) is 5.92 Å². The molecule has 2 atom stereocenters. The van der Waals surface area contributed by atoms with E-state index in [4.69, 9.17) is 13.6 Å². The van der Waals surface area contributed by atoms with Gasteiger partial charge in [0.25, 0.3) is 0 Å². The summed E-state index contributed by atoms with van der Waals surface area (Å²) in [4.78, 5) is 12.4. The van der Waals surface area contributed by atoms with Crippen molar-refractivity contribution in [1.82, 2.24) is 0 Å². The maximum absolute atomic E-state index is 12.4. The predicted octanol–water partition coefficient (Wildman–Crippen LogP) is 3.39. The highest BCUT2D eigenvalue weighted by atomic mass is 28.4. The van der Waals surface area contributed by atoms with Crippen molar-refractivity contribution in [3.05, 3.63) is 12.7 Å². The van der Waals surface area contributed by atoms with Crippen molar-refractivity contribution in [2.24, 2.45) is 5.92 Å². The number of ketones is 1. The van der Waals surface area contributed by atoms with Crippen LogP contribution in [0.5, 0.6) is 0 Å². The highest BCUT2D eigenvalue weighted by molar-refractivity contribution is 6.71. The van der Waals surface area contributed by atoms with Gasteiger partial charge in [-0.15, -0.1) is 0 Å². The van der Waals surface area contributed by atoms with Gasteiger partial charge in [-0.3, -0.25) is 4.79 Å². The number of ether oxygens (including phenoxy) is 1. The lowest BCUT2D eigenvalue weighted by molar-refractivity contribution is -0.133. The fraction of sp³-hybridized carbons (Fsp3) is 0.812. The van der Waals surface area contributed by atoms with Crippen molar-refractivity contribution in [3.8, 4) is 0 Å². The van der Waals surface area contributed by atoms with Crippen molar-refractivity contribution in [2.75, 3.05) is 19.8 Å². The van der Waals surface area contributed by atoms with E-state index in [-0.39, 0.29) is 11.7 Å². The number of hydrogen-bond acceptors (Lipinski definition) is 4.